The Hall–Kier alpha value is -2.16. The van der Waals surface area contributed by atoms with E-state index in [0.717, 1.165) is 51.3 Å². The molecule has 0 aromatic heterocycles. The molecule has 0 aliphatic carbocycles. The van der Waals surface area contributed by atoms with Crippen LogP contribution in [0.25, 0.3) is 6.08 Å². The van der Waals surface area contributed by atoms with Gasteiger partial charge in [-0.25, -0.2) is 0 Å². The van der Waals surface area contributed by atoms with Crippen LogP contribution in [0.5, 0.6) is 0 Å². The maximum atomic E-state index is 12.4. The van der Waals surface area contributed by atoms with Gasteiger partial charge in [-0.1, -0.05) is 18.2 Å². The van der Waals surface area contributed by atoms with Gasteiger partial charge in [-0.05, 0) is 30.7 Å². The number of rotatable bonds is 5. The van der Waals surface area contributed by atoms with Crippen LogP contribution in [0.2, 0.25) is 0 Å². The minimum absolute atomic E-state index is 0.00587. The largest absolute Gasteiger partial charge is 0.383 e. The molecule has 0 unspecified atom stereocenters. The Kier molecular flexibility index (Phi) is 6.79. The molecule has 1 heterocycles. The number of carbonyl (C=O) groups excluding carboxylic acids is 1. The molecule has 23 heavy (non-hydrogen) atoms. The molecule has 1 aliphatic rings. The molecule has 0 N–H and O–H groups in total. The minimum atomic E-state index is 0.00587. The molecule has 1 aromatic rings. The summed E-state index contributed by atoms with van der Waals surface area (Å²) in [5.41, 5.74) is 1.36. The van der Waals surface area contributed by atoms with Gasteiger partial charge in [-0.3, -0.25) is 9.69 Å². The van der Waals surface area contributed by atoms with Crippen LogP contribution in [0.3, 0.4) is 0 Å². The van der Waals surface area contributed by atoms with Gasteiger partial charge in [0.15, 0.2) is 0 Å². The zero-order valence-electron chi connectivity index (χ0n) is 13.6. The van der Waals surface area contributed by atoms with Crippen molar-refractivity contribution in [2.24, 2.45) is 0 Å². The third-order valence-electron chi connectivity index (χ3n) is 4.00. The number of hydrogen-bond donors (Lipinski definition) is 0. The van der Waals surface area contributed by atoms with E-state index in [1.165, 1.54) is 0 Å². The summed E-state index contributed by atoms with van der Waals surface area (Å²) in [6, 6.07) is 9.42. The summed E-state index contributed by atoms with van der Waals surface area (Å²) in [4.78, 5) is 16.6. The van der Waals surface area contributed by atoms with Gasteiger partial charge in [-0.2, -0.15) is 5.26 Å². The van der Waals surface area contributed by atoms with E-state index in [9.17, 15) is 4.79 Å². The molecule has 0 spiro atoms. The number of carbonyl (C=O) groups is 1. The summed E-state index contributed by atoms with van der Waals surface area (Å²) in [7, 11) is 1.71. The normalized spacial score (nSPS) is 16.3. The molecule has 1 aromatic carbocycles. The fourth-order valence-corrected chi connectivity index (χ4v) is 2.65. The highest BCUT2D eigenvalue weighted by atomic mass is 16.5. The molecule has 1 amide bonds. The molecule has 0 radical (unpaired) electrons. The number of hydrogen-bond acceptors (Lipinski definition) is 4. The van der Waals surface area contributed by atoms with E-state index >= 15 is 0 Å². The van der Waals surface area contributed by atoms with Crippen molar-refractivity contribution in [2.75, 3.05) is 46.4 Å². The lowest BCUT2D eigenvalue weighted by Gasteiger charge is -2.20. The Balaban J connectivity index is 1.93. The molecule has 1 saturated heterocycles. The number of ether oxygens (including phenoxy) is 1. The minimum Gasteiger partial charge on any atom is -0.383 e. The number of methoxy groups -OCH3 is 1. The number of nitriles is 1. The SMILES string of the molecule is COCCN1CCCN(C(=O)C=Cc2ccccc2C#N)CC1. The van der Waals surface area contributed by atoms with Crippen molar-refractivity contribution in [2.45, 2.75) is 6.42 Å². The van der Waals surface area contributed by atoms with Crippen LogP contribution in [-0.2, 0) is 9.53 Å². The third-order valence-corrected chi connectivity index (χ3v) is 4.00. The Bertz CT molecular complexity index is 592. The van der Waals surface area contributed by atoms with Gasteiger partial charge in [-0.15, -0.1) is 0 Å². The smallest absolute Gasteiger partial charge is 0.246 e. The highest BCUT2D eigenvalue weighted by molar-refractivity contribution is 5.92. The predicted octanol–water partition coefficient (Wildman–Crippen LogP) is 1.75. The standard InChI is InChI=1S/C18H23N3O2/c1-23-14-13-20-9-4-10-21(12-11-20)18(22)8-7-16-5-2-3-6-17(16)15-19/h2-3,5-8H,4,9-14H2,1H3. The predicted molar refractivity (Wildman–Crippen MR) is 89.7 cm³/mol. The lowest BCUT2D eigenvalue weighted by atomic mass is 10.1. The van der Waals surface area contributed by atoms with Gasteiger partial charge in [0.2, 0.25) is 5.91 Å². The van der Waals surface area contributed by atoms with Crippen molar-refractivity contribution in [1.29, 1.82) is 5.26 Å². The van der Waals surface area contributed by atoms with Crippen LogP contribution in [0.4, 0.5) is 0 Å². The second-order valence-corrected chi connectivity index (χ2v) is 5.55. The summed E-state index contributed by atoms with van der Waals surface area (Å²) in [6.45, 7) is 4.99. The zero-order valence-corrected chi connectivity index (χ0v) is 13.6. The monoisotopic (exact) mass is 313 g/mol. The molecular weight excluding hydrogens is 290 g/mol. The molecular formula is C18H23N3O2. The van der Waals surface area contributed by atoms with Gasteiger partial charge < -0.3 is 9.64 Å². The Labute approximate surface area is 137 Å². The summed E-state index contributed by atoms with van der Waals surface area (Å²) in [6.07, 6.45) is 4.27. The lowest BCUT2D eigenvalue weighted by molar-refractivity contribution is -0.125. The molecule has 2 rings (SSSR count). The van der Waals surface area contributed by atoms with Crippen LogP contribution in [0.1, 0.15) is 17.5 Å². The average molecular weight is 313 g/mol. The van der Waals surface area contributed by atoms with Crippen LogP contribution >= 0.6 is 0 Å². The number of nitrogens with zero attached hydrogens (tertiary/aromatic N) is 3. The maximum Gasteiger partial charge on any atom is 0.246 e. The molecule has 0 bridgehead atoms. The highest BCUT2D eigenvalue weighted by Crippen LogP contribution is 2.10. The summed E-state index contributed by atoms with van der Waals surface area (Å²) >= 11 is 0. The van der Waals surface area contributed by atoms with Gasteiger partial charge in [0.05, 0.1) is 18.2 Å². The van der Waals surface area contributed by atoms with E-state index in [-0.39, 0.29) is 5.91 Å². The molecule has 5 heteroatoms. The summed E-state index contributed by atoms with van der Waals surface area (Å²) in [5.74, 6) is 0.00587. The first kappa shape index (κ1) is 17.2. The highest BCUT2D eigenvalue weighted by Gasteiger charge is 2.17. The summed E-state index contributed by atoms with van der Waals surface area (Å²) < 4.78 is 5.11. The fraction of sp³-hybridized carbons (Fsp3) is 0.444. The van der Waals surface area contributed by atoms with Gasteiger partial charge in [0.25, 0.3) is 0 Å². The average Bonchev–Trinajstić information content (AvgIpc) is 2.83. The number of benzene rings is 1. The van der Waals surface area contributed by atoms with E-state index < -0.39 is 0 Å². The van der Waals surface area contributed by atoms with Crippen molar-refractivity contribution in [1.82, 2.24) is 9.80 Å². The quantitative estimate of drug-likeness (QED) is 0.777. The van der Waals surface area contributed by atoms with Crippen LogP contribution < -0.4 is 0 Å². The van der Waals surface area contributed by atoms with E-state index in [1.807, 2.05) is 23.1 Å². The second kappa shape index (κ2) is 9.09. The van der Waals surface area contributed by atoms with Gasteiger partial charge in [0.1, 0.15) is 0 Å². The van der Waals surface area contributed by atoms with Crippen LogP contribution in [-0.4, -0.2) is 62.1 Å². The summed E-state index contributed by atoms with van der Waals surface area (Å²) in [5, 5.41) is 9.07. The van der Waals surface area contributed by atoms with Crippen molar-refractivity contribution in [3.05, 3.63) is 41.5 Å². The van der Waals surface area contributed by atoms with E-state index in [4.69, 9.17) is 10.00 Å². The van der Waals surface area contributed by atoms with Crippen molar-refractivity contribution < 1.29 is 9.53 Å². The van der Waals surface area contributed by atoms with E-state index in [2.05, 4.69) is 11.0 Å². The molecule has 122 valence electrons. The first-order valence-electron chi connectivity index (χ1n) is 7.92. The van der Waals surface area contributed by atoms with Crippen molar-refractivity contribution in [3.8, 4) is 6.07 Å². The lowest BCUT2D eigenvalue weighted by Crippen LogP contribution is -2.35. The molecule has 1 aliphatic heterocycles. The zero-order chi connectivity index (χ0) is 16.5. The van der Waals surface area contributed by atoms with Crippen molar-refractivity contribution >= 4 is 12.0 Å². The Morgan fingerprint density at radius 3 is 2.91 bits per heavy atom. The Morgan fingerprint density at radius 1 is 1.30 bits per heavy atom. The Morgan fingerprint density at radius 2 is 2.13 bits per heavy atom. The third kappa shape index (κ3) is 5.20. The first-order valence-corrected chi connectivity index (χ1v) is 7.92. The molecule has 1 fully saturated rings. The first-order chi connectivity index (χ1) is 11.2. The fourth-order valence-electron chi connectivity index (χ4n) is 2.65. The van der Waals surface area contributed by atoms with Crippen LogP contribution in [0, 0.1) is 11.3 Å². The van der Waals surface area contributed by atoms with Gasteiger partial charge >= 0.3 is 0 Å². The number of amides is 1. The van der Waals surface area contributed by atoms with E-state index in [1.54, 1.807) is 25.3 Å². The second-order valence-electron chi connectivity index (χ2n) is 5.55. The maximum absolute atomic E-state index is 12.4. The molecule has 0 atom stereocenters. The van der Waals surface area contributed by atoms with E-state index in [0.29, 0.717) is 5.56 Å². The topological polar surface area (TPSA) is 56.6 Å². The van der Waals surface area contributed by atoms with Crippen LogP contribution in [0.15, 0.2) is 30.3 Å². The van der Waals surface area contributed by atoms with Gasteiger partial charge in [0, 0.05) is 39.4 Å². The molecule has 5 nitrogen and oxygen atoms in total. The molecule has 0 saturated carbocycles. The van der Waals surface area contributed by atoms with Crippen molar-refractivity contribution in [3.63, 3.8) is 0 Å².